The second-order valence-corrected chi connectivity index (χ2v) is 7.43. The maximum atomic E-state index is 12.8. The molecule has 1 N–H and O–H groups in total. The van der Waals surface area contributed by atoms with Crippen LogP contribution in [0.1, 0.15) is 32.4 Å². The third-order valence-electron chi connectivity index (χ3n) is 4.31. The summed E-state index contributed by atoms with van der Waals surface area (Å²) >= 11 is 5.95. The fourth-order valence-electron chi connectivity index (χ4n) is 2.79. The minimum absolute atomic E-state index is 0.0289. The molecule has 1 aromatic rings. The van der Waals surface area contributed by atoms with Gasteiger partial charge in [0.1, 0.15) is 5.76 Å². The molecule has 1 aliphatic heterocycles. The van der Waals surface area contributed by atoms with Gasteiger partial charge in [-0.1, -0.05) is 5.16 Å². The van der Waals surface area contributed by atoms with E-state index in [-0.39, 0.29) is 24.2 Å². The van der Waals surface area contributed by atoms with Crippen LogP contribution in [-0.2, 0) is 9.59 Å². The van der Waals surface area contributed by atoms with E-state index < -0.39 is 5.41 Å². The van der Waals surface area contributed by atoms with E-state index in [0.29, 0.717) is 18.1 Å². The second-order valence-electron chi connectivity index (χ2n) is 7.16. The number of nitrogens with one attached hydrogen (secondary N) is 1. The minimum Gasteiger partial charge on any atom is -0.360 e. The Morgan fingerprint density at radius 2 is 2.08 bits per heavy atom. The fraction of sp³-hybridized carbons (Fsp3) is 0.706. The molecule has 0 spiro atoms. The van der Waals surface area contributed by atoms with Crippen LogP contribution in [0.3, 0.4) is 0 Å². The molecule has 2 rings (SSSR count). The van der Waals surface area contributed by atoms with Gasteiger partial charge in [-0.05, 0) is 46.7 Å². The Morgan fingerprint density at radius 3 is 2.64 bits per heavy atom. The molecular formula is C17H27ClN4O3. The number of hydrogen-bond donors (Lipinski definition) is 1. The van der Waals surface area contributed by atoms with Crippen molar-refractivity contribution in [1.29, 1.82) is 0 Å². The Kier molecular flexibility index (Phi) is 6.84. The Balaban J connectivity index is 1.98. The first-order valence-corrected chi connectivity index (χ1v) is 9.16. The van der Waals surface area contributed by atoms with Gasteiger partial charge in [0, 0.05) is 25.0 Å². The third kappa shape index (κ3) is 5.71. The first-order valence-electron chi connectivity index (χ1n) is 8.63. The van der Waals surface area contributed by atoms with Gasteiger partial charge in [-0.25, -0.2) is 0 Å². The summed E-state index contributed by atoms with van der Waals surface area (Å²) in [5.41, 5.74) is -0.711. The van der Waals surface area contributed by atoms with Crippen LogP contribution in [0, 0.1) is 12.3 Å². The number of alkyl halides is 1. The van der Waals surface area contributed by atoms with Crippen molar-refractivity contribution in [3.63, 3.8) is 0 Å². The highest BCUT2D eigenvalue weighted by Gasteiger charge is 2.32. The number of anilines is 1. The summed E-state index contributed by atoms with van der Waals surface area (Å²) in [5.74, 6) is 0.754. The van der Waals surface area contributed by atoms with Crippen molar-refractivity contribution >= 4 is 29.2 Å². The van der Waals surface area contributed by atoms with Gasteiger partial charge in [-0.15, -0.1) is 11.6 Å². The van der Waals surface area contributed by atoms with Crippen LogP contribution in [0.4, 0.5) is 5.82 Å². The molecule has 7 nitrogen and oxygen atoms in total. The van der Waals surface area contributed by atoms with Gasteiger partial charge >= 0.3 is 0 Å². The zero-order valence-corrected chi connectivity index (χ0v) is 15.9. The molecule has 1 saturated heterocycles. The second kappa shape index (κ2) is 8.67. The van der Waals surface area contributed by atoms with E-state index in [9.17, 15) is 9.59 Å². The predicted molar refractivity (Wildman–Crippen MR) is 96.6 cm³/mol. The lowest BCUT2D eigenvalue weighted by molar-refractivity contribution is -0.141. The molecule has 2 amide bonds. The standard InChI is InChI=1S/C17H27ClN4O3/c1-13-10-14(20-25-13)19-15(23)11-22(16(24)17(2,3)12-18)9-8-21-6-4-5-7-21/h10H,4-9,11-12H2,1-3H3,(H,19,20,23). The highest BCUT2D eigenvalue weighted by molar-refractivity contribution is 6.19. The lowest BCUT2D eigenvalue weighted by atomic mass is 9.94. The van der Waals surface area contributed by atoms with Gasteiger partial charge in [0.05, 0.1) is 12.0 Å². The summed E-state index contributed by atoms with van der Waals surface area (Å²) in [4.78, 5) is 29.0. The minimum atomic E-state index is -0.711. The molecule has 0 atom stereocenters. The SMILES string of the molecule is Cc1cc(NC(=O)CN(CCN2CCCC2)C(=O)C(C)(C)CCl)no1. The molecule has 2 heterocycles. The number of nitrogens with zero attached hydrogens (tertiary/aromatic N) is 3. The van der Waals surface area contributed by atoms with Crippen LogP contribution in [0.5, 0.6) is 0 Å². The lowest BCUT2D eigenvalue weighted by Gasteiger charge is -2.31. The normalized spacial score (nSPS) is 15.4. The van der Waals surface area contributed by atoms with Crippen molar-refractivity contribution < 1.29 is 14.1 Å². The smallest absolute Gasteiger partial charge is 0.245 e. The van der Waals surface area contributed by atoms with E-state index in [1.54, 1.807) is 31.7 Å². The highest BCUT2D eigenvalue weighted by atomic mass is 35.5. The fourth-order valence-corrected chi connectivity index (χ4v) is 2.90. The maximum absolute atomic E-state index is 12.8. The molecule has 140 valence electrons. The number of likely N-dealkylation sites (tertiary alicyclic amines) is 1. The van der Waals surface area contributed by atoms with Gasteiger partial charge in [0.25, 0.3) is 0 Å². The zero-order chi connectivity index (χ0) is 18.4. The average molecular weight is 371 g/mol. The van der Waals surface area contributed by atoms with E-state index in [1.807, 2.05) is 0 Å². The van der Waals surface area contributed by atoms with E-state index in [0.717, 1.165) is 19.6 Å². The van der Waals surface area contributed by atoms with E-state index in [1.165, 1.54) is 12.8 Å². The molecule has 0 radical (unpaired) electrons. The maximum Gasteiger partial charge on any atom is 0.245 e. The van der Waals surface area contributed by atoms with Crippen molar-refractivity contribution in [3.8, 4) is 0 Å². The molecule has 1 fully saturated rings. The molecule has 1 aliphatic rings. The molecule has 0 aromatic carbocycles. The van der Waals surface area contributed by atoms with E-state index in [2.05, 4.69) is 15.4 Å². The lowest BCUT2D eigenvalue weighted by Crippen LogP contribution is -2.48. The summed E-state index contributed by atoms with van der Waals surface area (Å²) in [6, 6.07) is 1.64. The van der Waals surface area contributed by atoms with Gasteiger partial charge < -0.3 is 19.6 Å². The molecule has 0 unspecified atom stereocenters. The van der Waals surface area contributed by atoms with Crippen LogP contribution >= 0.6 is 11.6 Å². The Labute approximate surface area is 153 Å². The number of hydrogen-bond acceptors (Lipinski definition) is 5. The third-order valence-corrected chi connectivity index (χ3v) is 4.98. The molecular weight excluding hydrogens is 344 g/mol. The summed E-state index contributed by atoms with van der Waals surface area (Å²) in [7, 11) is 0. The predicted octanol–water partition coefficient (Wildman–Crippen LogP) is 2.11. The van der Waals surface area contributed by atoms with Crippen LogP contribution in [0.2, 0.25) is 0 Å². The van der Waals surface area contributed by atoms with E-state index >= 15 is 0 Å². The van der Waals surface area contributed by atoms with E-state index in [4.69, 9.17) is 16.1 Å². The molecule has 0 aliphatic carbocycles. The zero-order valence-electron chi connectivity index (χ0n) is 15.2. The topological polar surface area (TPSA) is 78.7 Å². The summed E-state index contributed by atoms with van der Waals surface area (Å²) < 4.78 is 4.94. The number of rotatable bonds is 8. The van der Waals surface area contributed by atoms with Crippen LogP contribution < -0.4 is 5.32 Å². The number of halogens is 1. The van der Waals surface area contributed by atoms with Crippen LogP contribution in [0.25, 0.3) is 0 Å². The quantitative estimate of drug-likeness (QED) is 0.709. The molecule has 0 bridgehead atoms. The van der Waals surface area contributed by atoms with Crippen molar-refractivity contribution in [2.45, 2.75) is 33.6 Å². The largest absolute Gasteiger partial charge is 0.360 e. The summed E-state index contributed by atoms with van der Waals surface area (Å²) in [5, 5.41) is 6.40. The first kappa shape index (κ1) is 19.7. The van der Waals surface area contributed by atoms with Gasteiger partial charge in [-0.2, -0.15) is 0 Å². The van der Waals surface area contributed by atoms with Crippen molar-refractivity contribution in [3.05, 3.63) is 11.8 Å². The molecule has 0 saturated carbocycles. The molecule has 8 heteroatoms. The van der Waals surface area contributed by atoms with Crippen molar-refractivity contribution in [1.82, 2.24) is 15.0 Å². The van der Waals surface area contributed by atoms with Gasteiger partial charge in [0.15, 0.2) is 5.82 Å². The Morgan fingerprint density at radius 1 is 1.40 bits per heavy atom. The highest BCUT2D eigenvalue weighted by Crippen LogP contribution is 2.21. The number of aromatic nitrogens is 1. The Bertz CT molecular complexity index is 596. The van der Waals surface area contributed by atoms with Crippen molar-refractivity contribution in [2.24, 2.45) is 5.41 Å². The summed E-state index contributed by atoms with van der Waals surface area (Å²) in [6.07, 6.45) is 2.38. The summed E-state index contributed by atoms with van der Waals surface area (Å²) in [6.45, 7) is 8.67. The average Bonchev–Trinajstić information content (AvgIpc) is 3.22. The Hall–Kier alpha value is -1.60. The van der Waals surface area contributed by atoms with Crippen LogP contribution in [-0.4, -0.2) is 65.4 Å². The van der Waals surface area contributed by atoms with Gasteiger partial charge in [-0.3, -0.25) is 9.59 Å². The number of carbonyl (C=O) groups excluding carboxylic acids is 2. The molecule has 25 heavy (non-hydrogen) atoms. The number of carbonyl (C=O) groups is 2. The van der Waals surface area contributed by atoms with Crippen molar-refractivity contribution in [2.75, 3.05) is 43.9 Å². The first-order chi connectivity index (χ1) is 11.8. The number of amides is 2. The number of aryl methyl sites for hydroxylation is 1. The van der Waals surface area contributed by atoms with Gasteiger partial charge in [0.2, 0.25) is 11.8 Å². The molecule has 1 aromatic heterocycles. The monoisotopic (exact) mass is 370 g/mol. The van der Waals surface area contributed by atoms with Crippen LogP contribution in [0.15, 0.2) is 10.6 Å².